The van der Waals surface area contributed by atoms with Gasteiger partial charge in [-0.3, -0.25) is 0 Å². The molecule has 0 nitrogen and oxygen atoms in total. The van der Waals surface area contributed by atoms with Crippen molar-refractivity contribution in [3.8, 4) is 0 Å². The SMILES string of the molecule is [Br][Al]([Br])[Br].[CH2]CCCC. The van der Waals surface area contributed by atoms with E-state index in [2.05, 4.69) is 56.0 Å². The second-order valence-corrected chi connectivity index (χ2v) is 21.2. The van der Waals surface area contributed by atoms with E-state index >= 15 is 0 Å². The lowest BCUT2D eigenvalue weighted by atomic mass is 10.3. The second kappa shape index (κ2) is 12.6. The molecule has 0 aromatic carbocycles. The van der Waals surface area contributed by atoms with Gasteiger partial charge >= 0.3 is 8.67 Å². The van der Waals surface area contributed by atoms with E-state index in [0.717, 1.165) is 6.42 Å². The average Bonchev–Trinajstić information content (AvgIpc) is 1.66. The summed E-state index contributed by atoms with van der Waals surface area (Å²) in [4.78, 5) is 0. The predicted molar refractivity (Wildman–Crippen MR) is 57.4 cm³/mol. The standard InChI is InChI=1S/C5H11.Al.3BrH/c1-3-5-4-2;;;;/h1,3-5H2,2H3;;3*1H/q;+3;;;/p-3. The largest absolute Gasteiger partial charge is 0.542 e. The van der Waals surface area contributed by atoms with E-state index < -0.39 is 8.67 Å². The van der Waals surface area contributed by atoms with E-state index in [-0.39, 0.29) is 0 Å². The van der Waals surface area contributed by atoms with Crippen molar-refractivity contribution >= 4 is 50.8 Å². The Labute approximate surface area is 83.1 Å². The molecule has 0 amide bonds. The molecule has 0 bridgehead atoms. The number of halogens is 3. The van der Waals surface area contributed by atoms with Crippen molar-refractivity contribution in [3.63, 3.8) is 0 Å². The van der Waals surface area contributed by atoms with Crippen molar-refractivity contribution in [2.24, 2.45) is 0 Å². The first-order valence-corrected chi connectivity index (χ1v) is 12.4. The topological polar surface area (TPSA) is 0 Å². The summed E-state index contributed by atoms with van der Waals surface area (Å²) < 4.78 is 0. The summed E-state index contributed by atoms with van der Waals surface area (Å²) >= 11 is 9.73. The maximum absolute atomic E-state index is 3.68. The van der Waals surface area contributed by atoms with Crippen LogP contribution >= 0.6 is 42.2 Å². The van der Waals surface area contributed by atoms with Gasteiger partial charge in [-0.2, -0.15) is 42.2 Å². The Hall–Kier alpha value is 1.97. The molecule has 0 rings (SSSR count). The molecule has 0 aliphatic carbocycles. The number of rotatable bonds is 2. The molecule has 0 spiro atoms. The van der Waals surface area contributed by atoms with Crippen LogP contribution in [-0.2, 0) is 0 Å². The maximum atomic E-state index is 3.68. The van der Waals surface area contributed by atoms with Gasteiger partial charge in [0.25, 0.3) is 0 Å². The van der Waals surface area contributed by atoms with Crippen molar-refractivity contribution in [3.05, 3.63) is 6.92 Å². The van der Waals surface area contributed by atoms with Gasteiger partial charge in [-0.25, -0.2) is 0 Å². The molecule has 0 aliphatic heterocycles. The molecule has 0 heterocycles. The van der Waals surface area contributed by atoms with Crippen molar-refractivity contribution in [2.75, 3.05) is 0 Å². The van der Waals surface area contributed by atoms with Crippen LogP contribution in [-0.4, -0.2) is 8.67 Å². The van der Waals surface area contributed by atoms with Crippen LogP contribution in [0.15, 0.2) is 0 Å². The van der Waals surface area contributed by atoms with Crippen molar-refractivity contribution < 1.29 is 0 Å². The van der Waals surface area contributed by atoms with Gasteiger partial charge in [-0.05, 0) is 0 Å². The third-order valence-electron chi connectivity index (χ3n) is 0.604. The van der Waals surface area contributed by atoms with E-state index in [1.54, 1.807) is 0 Å². The first kappa shape index (κ1) is 13.6. The van der Waals surface area contributed by atoms with E-state index in [4.69, 9.17) is 0 Å². The molecule has 0 aliphatic rings. The summed E-state index contributed by atoms with van der Waals surface area (Å²) in [6.07, 6.45) is 3.65. The van der Waals surface area contributed by atoms with Crippen molar-refractivity contribution in [1.82, 2.24) is 0 Å². The van der Waals surface area contributed by atoms with Crippen LogP contribution in [0.1, 0.15) is 26.2 Å². The first-order chi connectivity index (χ1) is 4.15. The van der Waals surface area contributed by atoms with Crippen LogP contribution in [0.4, 0.5) is 0 Å². The third-order valence-corrected chi connectivity index (χ3v) is 0.604. The molecule has 0 saturated heterocycles. The van der Waals surface area contributed by atoms with Crippen LogP contribution in [0.25, 0.3) is 0 Å². The summed E-state index contributed by atoms with van der Waals surface area (Å²) in [5.41, 5.74) is 0. The monoisotopic (exact) mass is 335 g/mol. The summed E-state index contributed by atoms with van der Waals surface area (Å²) in [6, 6.07) is 0. The molecule has 1 radical (unpaired) electrons. The Bertz CT molecular complexity index is 36.4. The molecular weight excluding hydrogens is 327 g/mol. The molecular formula is C5H11AlBr3. The molecule has 55 valence electrons. The second-order valence-electron chi connectivity index (χ2n) is 1.45. The van der Waals surface area contributed by atoms with Crippen LogP contribution in [0.5, 0.6) is 0 Å². The average molecular weight is 338 g/mol. The summed E-state index contributed by atoms with van der Waals surface area (Å²) in [7, 11) is -0.701. The number of unbranched alkanes of at least 4 members (excludes halogenated alkanes) is 2. The molecule has 0 saturated carbocycles. The molecule has 0 N–H and O–H groups in total. The van der Waals surface area contributed by atoms with Crippen LogP contribution in [0.2, 0.25) is 0 Å². The minimum Gasteiger partial charge on any atom is -0.181 e. The fourth-order valence-corrected chi connectivity index (χ4v) is 0.250. The van der Waals surface area contributed by atoms with Gasteiger partial charge in [0.1, 0.15) is 0 Å². The Balaban J connectivity index is 0. The minimum absolute atomic E-state index is 0.701. The highest BCUT2D eigenvalue weighted by molar-refractivity contribution is 9.69. The Morgan fingerprint density at radius 1 is 1.33 bits per heavy atom. The van der Waals surface area contributed by atoms with Gasteiger partial charge in [0.15, 0.2) is 0 Å². The van der Waals surface area contributed by atoms with Gasteiger partial charge in [0, 0.05) is 0 Å². The van der Waals surface area contributed by atoms with Crippen molar-refractivity contribution in [2.45, 2.75) is 26.2 Å². The molecule has 0 fully saturated rings. The zero-order valence-electron chi connectivity index (χ0n) is 5.54. The summed E-state index contributed by atoms with van der Waals surface area (Å²) in [6.45, 7) is 5.85. The molecule has 9 heavy (non-hydrogen) atoms. The Morgan fingerprint density at radius 3 is 1.67 bits per heavy atom. The minimum atomic E-state index is -0.701. The van der Waals surface area contributed by atoms with Gasteiger partial charge in [-0.15, -0.1) is 0 Å². The fourth-order valence-electron chi connectivity index (χ4n) is 0.250. The zero-order valence-corrected chi connectivity index (χ0v) is 11.5. The highest BCUT2D eigenvalue weighted by Crippen LogP contribution is 2.07. The fraction of sp³-hybridized carbons (Fsp3) is 0.800. The van der Waals surface area contributed by atoms with Gasteiger partial charge in [0.05, 0.1) is 0 Å². The quantitative estimate of drug-likeness (QED) is 0.663. The molecule has 0 aromatic rings. The van der Waals surface area contributed by atoms with Gasteiger partial charge < -0.3 is 0 Å². The molecule has 0 unspecified atom stereocenters. The zero-order chi connectivity index (χ0) is 7.70. The Kier molecular flexibility index (Phi) is 19.0. The lowest BCUT2D eigenvalue weighted by Crippen LogP contribution is -1.60. The molecule has 4 heteroatoms. The Morgan fingerprint density at radius 2 is 1.67 bits per heavy atom. The molecule has 0 aromatic heterocycles. The predicted octanol–water partition coefficient (Wildman–Crippen LogP) is 4.17. The number of hydrogen-bond donors (Lipinski definition) is 0. The van der Waals surface area contributed by atoms with Crippen LogP contribution in [0, 0.1) is 6.92 Å². The third kappa shape index (κ3) is 40.2. The van der Waals surface area contributed by atoms with Gasteiger partial charge in [0.2, 0.25) is 0 Å². The summed E-state index contributed by atoms with van der Waals surface area (Å²) in [5, 5.41) is 0. The number of hydrogen-bond acceptors (Lipinski definition) is 0. The first-order valence-electron chi connectivity index (χ1n) is 2.86. The normalized spacial score (nSPS) is 7.67. The van der Waals surface area contributed by atoms with Crippen molar-refractivity contribution in [1.29, 1.82) is 0 Å². The highest BCUT2D eigenvalue weighted by Gasteiger charge is 1.95. The van der Waals surface area contributed by atoms with E-state index in [1.165, 1.54) is 12.8 Å². The lowest BCUT2D eigenvalue weighted by molar-refractivity contribution is 0.813. The van der Waals surface area contributed by atoms with E-state index in [9.17, 15) is 0 Å². The lowest BCUT2D eigenvalue weighted by Gasteiger charge is -1.79. The maximum Gasteiger partial charge on any atom is 0.542 e. The molecule has 0 atom stereocenters. The smallest absolute Gasteiger partial charge is 0.181 e. The van der Waals surface area contributed by atoms with E-state index in [0.29, 0.717) is 0 Å². The van der Waals surface area contributed by atoms with Crippen LogP contribution < -0.4 is 0 Å². The highest BCUT2D eigenvalue weighted by atomic mass is 80.0. The van der Waals surface area contributed by atoms with E-state index in [1.807, 2.05) is 0 Å². The van der Waals surface area contributed by atoms with Gasteiger partial charge in [-0.1, -0.05) is 33.1 Å². The summed E-state index contributed by atoms with van der Waals surface area (Å²) in [5.74, 6) is 0. The van der Waals surface area contributed by atoms with Crippen LogP contribution in [0.3, 0.4) is 0 Å².